The van der Waals surface area contributed by atoms with E-state index < -0.39 is 31.0 Å². The van der Waals surface area contributed by atoms with Crippen LogP contribution in [0.4, 0.5) is 9.52 Å². The predicted octanol–water partition coefficient (Wildman–Crippen LogP) is 5.40. The third kappa shape index (κ3) is 4.85. The van der Waals surface area contributed by atoms with Crippen molar-refractivity contribution in [1.29, 1.82) is 0 Å². The predicted molar refractivity (Wildman–Crippen MR) is 127 cm³/mol. The number of allylic oxidation sites excluding steroid dienone is 3. The van der Waals surface area contributed by atoms with Crippen LogP contribution in [0.2, 0.25) is 5.02 Å². The average Bonchev–Trinajstić information content (AvgIpc) is 3.19. The molecular formula is C22H23Cl2FN2O2S2. The minimum absolute atomic E-state index is 0.104. The first-order valence-corrected chi connectivity index (χ1v) is 13.3. The van der Waals surface area contributed by atoms with Gasteiger partial charge < -0.3 is 4.90 Å². The molecule has 0 radical (unpaired) electrons. The highest BCUT2D eigenvalue weighted by Gasteiger charge is 2.44. The largest absolute Gasteiger partial charge is 0.348 e. The van der Waals surface area contributed by atoms with E-state index >= 15 is 0 Å². The van der Waals surface area contributed by atoms with Crippen molar-refractivity contribution in [3.05, 3.63) is 70.0 Å². The second-order valence-electron chi connectivity index (χ2n) is 8.14. The molecule has 1 aliphatic carbocycles. The van der Waals surface area contributed by atoms with Crippen LogP contribution in [0, 0.1) is 5.82 Å². The van der Waals surface area contributed by atoms with Gasteiger partial charge in [0.15, 0.2) is 15.0 Å². The summed E-state index contributed by atoms with van der Waals surface area (Å²) in [6.45, 7) is 3.01. The van der Waals surface area contributed by atoms with Gasteiger partial charge in [-0.1, -0.05) is 42.0 Å². The fraction of sp³-hybridized carbons (Fsp3) is 0.409. The van der Waals surface area contributed by atoms with Gasteiger partial charge >= 0.3 is 0 Å². The number of aromatic nitrogens is 1. The number of nitrogens with zero attached hydrogens (tertiary/aromatic N) is 2. The number of anilines is 1. The van der Waals surface area contributed by atoms with Crippen molar-refractivity contribution < 1.29 is 12.8 Å². The van der Waals surface area contributed by atoms with Gasteiger partial charge in [0.05, 0.1) is 20.8 Å². The van der Waals surface area contributed by atoms with Crippen LogP contribution in [0.25, 0.3) is 0 Å². The molecule has 31 heavy (non-hydrogen) atoms. The maximum Gasteiger partial charge on any atom is 0.185 e. The van der Waals surface area contributed by atoms with E-state index in [0.717, 1.165) is 16.4 Å². The van der Waals surface area contributed by atoms with E-state index in [1.165, 1.54) is 17.4 Å². The number of rotatable bonds is 5. The lowest BCUT2D eigenvalue weighted by molar-refractivity contribution is 0.518. The van der Waals surface area contributed by atoms with Crippen molar-refractivity contribution in [3.8, 4) is 0 Å². The van der Waals surface area contributed by atoms with Crippen LogP contribution in [0.3, 0.4) is 0 Å². The Morgan fingerprint density at radius 1 is 1.29 bits per heavy atom. The topological polar surface area (TPSA) is 50.3 Å². The molecule has 1 fully saturated rings. The zero-order valence-electron chi connectivity index (χ0n) is 17.0. The maximum absolute atomic E-state index is 13.4. The van der Waals surface area contributed by atoms with Crippen LogP contribution < -0.4 is 4.90 Å². The fourth-order valence-electron chi connectivity index (χ4n) is 4.09. The van der Waals surface area contributed by atoms with E-state index in [2.05, 4.69) is 4.90 Å². The van der Waals surface area contributed by atoms with Gasteiger partial charge in [-0.05, 0) is 37.5 Å². The van der Waals surface area contributed by atoms with Gasteiger partial charge in [0.2, 0.25) is 0 Å². The lowest BCUT2D eigenvalue weighted by atomic mass is 10.0. The summed E-state index contributed by atoms with van der Waals surface area (Å²) in [5, 5.41) is 1.84. The van der Waals surface area contributed by atoms with Gasteiger partial charge in [-0.25, -0.2) is 17.8 Å². The Kier molecular flexibility index (Phi) is 6.50. The molecule has 0 spiro atoms. The van der Waals surface area contributed by atoms with Gasteiger partial charge in [-0.2, -0.15) is 0 Å². The molecule has 2 aromatic rings. The van der Waals surface area contributed by atoms with Crippen LogP contribution >= 0.6 is 34.5 Å². The highest BCUT2D eigenvalue weighted by Crippen LogP contribution is 2.36. The second kappa shape index (κ2) is 8.85. The molecule has 4 nitrogen and oxygen atoms in total. The Bertz CT molecular complexity index is 1120. The third-order valence-corrected chi connectivity index (χ3v) is 10.3. The van der Waals surface area contributed by atoms with Crippen LogP contribution in [-0.2, 0) is 16.3 Å². The zero-order chi connectivity index (χ0) is 22.2. The van der Waals surface area contributed by atoms with Gasteiger partial charge in [-0.15, -0.1) is 22.9 Å². The highest BCUT2D eigenvalue weighted by atomic mass is 35.5. The molecule has 2 atom stereocenters. The average molecular weight is 501 g/mol. The summed E-state index contributed by atoms with van der Waals surface area (Å²) in [7, 11) is -3.40. The molecular weight excluding hydrogens is 478 g/mol. The summed E-state index contributed by atoms with van der Waals surface area (Å²) in [5.41, 5.74) is 1.78. The van der Waals surface area contributed by atoms with E-state index in [9.17, 15) is 12.8 Å². The Labute approximate surface area is 196 Å². The zero-order valence-corrected chi connectivity index (χ0v) is 20.1. The highest BCUT2D eigenvalue weighted by molar-refractivity contribution is 7.93. The number of alkyl halides is 1. The maximum atomic E-state index is 13.4. The monoisotopic (exact) mass is 500 g/mol. The smallest absolute Gasteiger partial charge is 0.185 e. The third-order valence-electron chi connectivity index (χ3n) is 5.82. The van der Waals surface area contributed by atoms with Crippen molar-refractivity contribution in [2.45, 2.75) is 41.6 Å². The summed E-state index contributed by atoms with van der Waals surface area (Å²) in [6, 6.07) is 4.68. The lowest BCUT2D eigenvalue weighted by Gasteiger charge is -2.36. The van der Waals surface area contributed by atoms with E-state index in [1.807, 2.05) is 5.38 Å². The fourth-order valence-corrected chi connectivity index (χ4v) is 8.00. The SMILES string of the molecule is CC1(Cl)C=CC=CC1S(=O)(=O)C1CCN(c2nc(Cc3ccc(F)c(Cl)c3)cs2)CC1. The normalized spacial score (nSPS) is 24.6. The Balaban J connectivity index is 1.39. The van der Waals surface area contributed by atoms with Crippen LogP contribution in [-0.4, -0.2) is 41.9 Å². The van der Waals surface area contributed by atoms with Gasteiger partial charge in [0.25, 0.3) is 0 Å². The first kappa shape index (κ1) is 22.8. The van der Waals surface area contributed by atoms with Gasteiger partial charge in [-0.3, -0.25) is 0 Å². The summed E-state index contributed by atoms with van der Waals surface area (Å²) in [4.78, 5) is 5.91. The number of halogens is 3. The van der Waals surface area contributed by atoms with Crippen molar-refractivity contribution >= 4 is 49.5 Å². The Hall–Kier alpha value is -1.41. The molecule has 0 saturated carbocycles. The molecule has 1 aliphatic heterocycles. The number of sulfone groups is 1. The summed E-state index contributed by atoms with van der Waals surface area (Å²) in [6.07, 6.45) is 8.66. The summed E-state index contributed by atoms with van der Waals surface area (Å²) >= 11 is 13.9. The van der Waals surface area contributed by atoms with Crippen molar-refractivity contribution in [2.24, 2.45) is 0 Å². The van der Waals surface area contributed by atoms with E-state index in [-0.39, 0.29) is 5.02 Å². The second-order valence-corrected chi connectivity index (χ2v) is 12.5. The molecule has 2 unspecified atom stereocenters. The molecule has 166 valence electrons. The Morgan fingerprint density at radius 3 is 2.71 bits per heavy atom. The summed E-state index contributed by atoms with van der Waals surface area (Å²) in [5.74, 6) is -0.434. The standard InChI is InChI=1S/C22H23Cl2FN2O2S2/c1-22(24)9-3-2-4-20(22)31(28,29)17-7-10-27(11-8-17)21-26-16(14-30-21)12-15-5-6-19(25)18(23)13-15/h2-6,9,13-14,17,20H,7-8,10-12H2,1H3. The van der Waals surface area contributed by atoms with Gasteiger partial charge in [0, 0.05) is 24.9 Å². The van der Waals surface area contributed by atoms with Gasteiger partial charge in [0.1, 0.15) is 11.1 Å². The van der Waals surface area contributed by atoms with Crippen molar-refractivity contribution in [1.82, 2.24) is 4.98 Å². The van der Waals surface area contributed by atoms with Crippen LogP contribution in [0.15, 0.2) is 47.9 Å². The van der Waals surface area contributed by atoms with Crippen molar-refractivity contribution in [3.63, 3.8) is 0 Å². The number of hydrogen-bond donors (Lipinski definition) is 0. The minimum atomic E-state index is -3.40. The molecule has 0 bridgehead atoms. The Morgan fingerprint density at radius 2 is 2.03 bits per heavy atom. The molecule has 0 N–H and O–H groups in total. The molecule has 2 aliphatic rings. The molecule has 9 heteroatoms. The summed E-state index contributed by atoms with van der Waals surface area (Å²) < 4.78 is 39.8. The minimum Gasteiger partial charge on any atom is -0.348 e. The number of thiazole rings is 1. The molecule has 1 saturated heterocycles. The first-order valence-electron chi connectivity index (χ1n) is 10.1. The van der Waals surface area contributed by atoms with E-state index in [1.54, 1.807) is 43.4 Å². The van der Waals surface area contributed by atoms with Crippen molar-refractivity contribution in [2.75, 3.05) is 18.0 Å². The molecule has 0 amide bonds. The van der Waals surface area contributed by atoms with Crippen LogP contribution in [0.5, 0.6) is 0 Å². The molecule has 2 heterocycles. The quantitative estimate of drug-likeness (QED) is 0.515. The number of benzene rings is 1. The molecule has 1 aromatic carbocycles. The molecule has 4 rings (SSSR count). The van der Waals surface area contributed by atoms with Crippen LogP contribution in [0.1, 0.15) is 31.0 Å². The molecule has 1 aromatic heterocycles. The lowest BCUT2D eigenvalue weighted by Crippen LogP contribution is -2.47. The number of piperidine rings is 1. The van der Waals surface area contributed by atoms with E-state index in [4.69, 9.17) is 28.2 Å². The number of hydrogen-bond acceptors (Lipinski definition) is 5. The first-order chi connectivity index (χ1) is 14.7. The van der Waals surface area contributed by atoms with E-state index in [0.29, 0.717) is 32.4 Å².